The van der Waals surface area contributed by atoms with Crippen molar-refractivity contribution in [3.63, 3.8) is 0 Å². The van der Waals surface area contributed by atoms with Crippen molar-refractivity contribution < 1.29 is 14.6 Å². The predicted molar refractivity (Wildman–Crippen MR) is 102 cm³/mol. The number of aliphatic hydroxyl groups excluding tert-OH is 1. The van der Waals surface area contributed by atoms with Gasteiger partial charge >= 0.3 is 0 Å². The van der Waals surface area contributed by atoms with Gasteiger partial charge in [-0.25, -0.2) is 4.98 Å². The van der Waals surface area contributed by atoms with E-state index in [2.05, 4.69) is 26.9 Å². The van der Waals surface area contributed by atoms with Gasteiger partial charge in [0.2, 0.25) is 0 Å². The minimum Gasteiger partial charge on any atom is -0.394 e. The summed E-state index contributed by atoms with van der Waals surface area (Å²) in [6.07, 6.45) is 1.79. The molecular weight excluding hydrogens is 350 g/mol. The van der Waals surface area contributed by atoms with E-state index in [1.807, 2.05) is 24.4 Å². The first kappa shape index (κ1) is 17.9. The first-order valence-electron chi connectivity index (χ1n) is 9.14. The van der Waals surface area contributed by atoms with Crippen LogP contribution in [0.15, 0.2) is 36.5 Å². The Morgan fingerprint density at radius 3 is 2.69 bits per heavy atom. The number of morpholine rings is 2. The van der Waals surface area contributed by atoms with Gasteiger partial charge in [-0.3, -0.25) is 4.90 Å². The zero-order chi connectivity index (χ0) is 17.8. The molecule has 2 fully saturated rings. The molecule has 26 heavy (non-hydrogen) atoms. The van der Waals surface area contributed by atoms with Crippen molar-refractivity contribution in [1.29, 1.82) is 0 Å². The molecule has 1 aromatic carbocycles. The molecule has 0 aliphatic carbocycles. The van der Waals surface area contributed by atoms with Crippen molar-refractivity contribution in [1.82, 2.24) is 9.88 Å². The van der Waals surface area contributed by atoms with E-state index in [0.29, 0.717) is 6.61 Å². The number of ether oxygens (including phenoxy) is 2. The van der Waals surface area contributed by atoms with Gasteiger partial charge in [-0.15, -0.1) is 11.3 Å². The molecule has 7 heteroatoms. The number of hydrogen-bond acceptors (Lipinski definition) is 7. The van der Waals surface area contributed by atoms with Gasteiger partial charge in [0.25, 0.3) is 0 Å². The molecule has 3 heterocycles. The van der Waals surface area contributed by atoms with Crippen LogP contribution in [0.1, 0.15) is 16.5 Å². The molecule has 2 aromatic rings. The van der Waals surface area contributed by atoms with Crippen molar-refractivity contribution >= 4 is 16.5 Å². The van der Waals surface area contributed by atoms with E-state index in [9.17, 15) is 5.11 Å². The van der Waals surface area contributed by atoms with Crippen LogP contribution in [0, 0.1) is 0 Å². The molecule has 6 nitrogen and oxygen atoms in total. The highest BCUT2D eigenvalue weighted by Gasteiger charge is 2.33. The fourth-order valence-corrected chi connectivity index (χ4v) is 4.65. The van der Waals surface area contributed by atoms with Crippen molar-refractivity contribution in [3.8, 4) is 0 Å². The fourth-order valence-electron chi connectivity index (χ4n) is 3.66. The smallest absolute Gasteiger partial charge is 0.185 e. The molecule has 1 N–H and O–H groups in total. The summed E-state index contributed by atoms with van der Waals surface area (Å²) in [6, 6.07) is 10.4. The second-order valence-corrected chi connectivity index (χ2v) is 7.72. The third-order valence-electron chi connectivity index (χ3n) is 4.96. The molecule has 0 radical (unpaired) electrons. The maximum atomic E-state index is 9.80. The molecule has 0 spiro atoms. The minimum absolute atomic E-state index is 0.0256. The quantitative estimate of drug-likeness (QED) is 0.862. The molecule has 2 saturated heterocycles. The van der Waals surface area contributed by atoms with Gasteiger partial charge in [0.1, 0.15) is 6.10 Å². The molecule has 2 aliphatic rings. The molecule has 0 amide bonds. The Hall–Kier alpha value is -1.51. The number of benzene rings is 1. The third-order valence-corrected chi connectivity index (χ3v) is 6.00. The van der Waals surface area contributed by atoms with Crippen molar-refractivity contribution in [2.75, 3.05) is 51.0 Å². The van der Waals surface area contributed by atoms with Gasteiger partial charge in [0, 0.05) is 37.3 Å². The average molecular weight is 375 g/mol. The summed E-state index contributed by atoms with van der Waals surface area (Å²) < 4.78 is 11.3. The predicted octanol–water partition coefficient (Wildman–Crippen LogP) is 1.91. The van der Waals surface area contributed by atoms with E-state index in [1.54, 1.807) is 11.3 Å². The van der Waals surface area contributed by atoms with Gasteiger partial charge in [-0.2, -0.15) is 0 Å². The maximum Gasteiger partial charge on any atom is 0.185 e. The van der Waals surface area contributed by atoms with E-state index in [1.165, 1.54) is 10.4 Å². The summed E-state index contributed by atoms with van der Waals surface area (Å²) in [5, 5.41) is 10.9. The Labute approximate surface area is 158 Å². The Balaban J connectivity index is 1.51. The van der Waals surface area contributed by atoms with Gasteiger partial charge < -0.3 is 19.5 Å². The largest absolute Gasteiger partial charge is 0.394 e. The van der Waals surface area contributed by atoms with Crippen LogP contribution in [0.2, 0.25) is 0 Å². The van der Waals surface area contributed by atoms with Crippen LogP contribution in [-0.2, 0) is 16.0 Å². The van der Waals surface area contributed by atoms with Crippen molar-refractivity contribution in [2.24, 2.45) is 0 Å². The lowest BCUT2D eigenvalue weighted by molar-refractivity contribution is -0.0958. The van der Waals surface area contributed by atoms with E-state index >= 15 is 0 Å². The highest BCUT2D eigenvalue weighted by molar-refractivity contribution is 7.15. The topological polar surface area (TPSA) is 58.1 Å². The fraction of sp³-hybridized carbons (Fsp3) is 0.526. The zero-order valence-corrected chi connectivity index (χ0v) is 15.6. The van der Waals surface area contributed by atoms with Gasteiger partial charge in [0.15, 0.2) is 5.13 Å². The molecule has 140 valence electrons. The number of thiazole rings is 1. The first-order chi connectivity index (χ1) is 12.8. The standard InChI is InChI=1S/C19H25N3O3S/c23-14-17-18(15-4-2-1-3-5-15)22(8-11-25-17)13-16-12-20-19(26-16)21-6-9-24-10-7-21/h1-5,12,17-18,23H,6-11,13-14H2/t17-,18-/m1/s1. The molecule has 2 aliphatic heterocycles. The number of aromatic nitrogens is 1. The Morgan fingerprint density at radius 2 is 1.92 bits per heavy atom. The Bertz CT molecular complexity index is 690. The lowest BCUT2D eigenvalue weighted by Gasteiger charge is -2.40. The highest BCUT2D eigenvalue weighted by Crippen LogP contribution is 2.32. The maximum absolute atomic E-state index is 9.80. The average Bonchev–Trinajstić information content (AvgIpc) is 3.17. The second kappa shape index (κ2) is 8.45. The number of nitrogens with zero attached hydrogens (tertiary/aromatic N) is 3. The number of aliphatic hydroxyl groups is 1. The zero-order valence-electron chi connectivity index (χ0n) is 14.8. The molecule has 4 rings (SSSR count). The summed E-state index contributed by atoms with van der Waals surface area (Å²) in [5.41, 5.74) is 1.18. The second-order valence-electron chi connectivity index (χ2n) is 6.63. The van der Waals surface area contributed by atoms with E-state index in [4.69, 9.17) is 9.47 Å². The highest BCUT2D eigenvalue weighted by atomic mass is 32.1. The van der Waals surface area contributed by atoms with Gasteiger partial charge in [-0.05, 0) is 5.56 Å². The molecule has 0 saturated carbocycles. The molecule has 0 bridgehead atoms. The molecule has 1 aromatic heterocycles. The molecule has 2 atom stereocenters. The monoisotopic (exact) mass is 375 g/mol. The summed E-state index contributed by atoms with van der Waals surface area (Å²) in [7, 11) is 0. The lowest BCUT2D eigenvalue weighted by Crippen LogP contribution is -2.46. The number of hydrogen-bond donors (Lipinski definition) is 1. The Kier molecular flexibility index (Phi) is 5.81. The van der Waals surface area contributed by atoms with Gasteiger partial charge in [-0.1, -0.05) is 30.3 Å². The molecular formula is C19H25N3O3S. The van der Waals surface area contributed by atoms with Crippen molar-refractivity contribution in [3.05, 3.63) is 47.0 Å². The molecule has 0 unspecified atom stereocenters. The van der Waals surface area contributed by atoms with Crippen LogP contribution in [0.4, 0.5) is 5.13 Å². The minimum atomic E-state index is -0.196. The third kappa shape index (κ3) is 3.92. The van der Waals surface area contributed by atoms with E-state index < -0.39 is 0 Å². The van der Waals surface area contributed by atoms with Crippen LogP contribution in [0.25, 0.3) is 0 Å². The summed E-state index contributed by atoms with van der Waals surface area (Å²) >= 11 is 1.75. The summed E-state index contributed by atoms with van der Waals surface area (Å²) in [5.74, 6) is 0. The van der Waals surface area contributed by atoms with Crippen LogP contribution < -0.4 is 4.90 Å². The SMILES string of the molecule is OC[C@H]1OCCN(Cc2cnc(N3CCOCC3)s2)[C@@H]1c1ccccc1. The Morgan fingerprint density at radius 1 is 1.12 bits per heavy atom. The first-order valence-corrected chi connectivity index (χ1v) is 9.95. The number of anilines is 1. The van der Waals surface area contributed by atoms with Crippen LogP contribution in [0.5, 0.6) is 0 Å². The normalized spacial score (nSPS) is 24.7. The van der Waals surface area contributed by atoms with Crippen LogP contribution >= 0.6 is 11.3 Å². The summed E-state index contributed by atoms with van der Waals surface area (Å²) in [6.45, 7) is 5.69. The lowest BCUT2D eigenvalue weighted by atomic mass is 9.98. The number of rotatable bonds is 5. The van der Waals surface area contributed by atoms with Crippen LogP contribution in [-0.4, -0.2) is 67.2 Å². The van der Waals surface area contributed by atoms with E-state index in [0.717, 1.165) is 44.5 Å². The van der Waals surface area contributed by atoms with Crippen molar-refractivity contribution in [2.45, 2.75) is 18.7 Å². The van der Waals surface area contributed by atoms with Crippen LogP contribution in [0.3, 0.4) is 0 Å². The van der Waals surface area contributed by atoms with Gasteiger partial charge in [0.05, 0.1) is 32.5 Å². The summed E-state index contributed by atoms with van der Waals surface area (Å²) in [4.78, 5) is 10.6. The van der Waals surface area contributed by atoms with E-state index in [-0.39, 0.29) is 18.8 Å².